The first-order chi connectivity index (χ1) is 12.1. The summed E-state index contributed by atoms with van der Waals surface area (Å²) >= 11 is 0. The van der Waals surface area contributed by atoms with E-state index in [0.29, 0.717) is 5.69 Å². The van der Waals surface area contributed by atoms with Crippen molar-refractivity contribution in [3.8, 4) is 0 Å². The van der Waals surface area contributed by atoms with Gasteiger partial charge in [-0.2, -0.15) is 12.5 Å². The van der Waals surface area contributed by atoms with E-state index >= 15 is 0 Å². The van der Waals surface area contributed by atoms with E-state index in [2.05, 4.69) is 63.2 Å². The van der Waals surface area contributed by atoms with Crippen molar-refractivity contribution in [2.24, 2.45) is 0 Å². The summed E-state index contributed by atoms with van der Waals surface area (Å²) in [5, 5.41) is 2.53. The zero-order chi connectivity index (χ0) is 17.8. The van der Waals surface area contributed by atoms with Crippen LogP contribution in [0.4, 0.5) is 5.69 Å². The molecule has 0 saturated heterocycles. The second kappa shape index (κ2) is 12.0. The van der Waals surface area contributed by atoms with Gasteiger partial charge in [0, 0.05) is 0 Å². The summed E-state index contributed by atoms with van der Waals surface area (Å²) in [6.07, 6.45) is 3.34. The first-order valence-electron chi connectivity index (χ1n) is 8.54. The summed E-state index contributed by atoms with van der Waals surface area (Å²) in [7, 11) is 0. The summed E-state index contributed by atoms with van der Waals surface area (Å²) < 4.78 is 0. The van der Waals surface area contributed by atoms with E-state index in [-0.39, 0.29) is 46.5 Å². The number of hydrogen-bond donors (Lipinski definition) is 0. The Bertz CT molecular complexity index is 963. The van der Waals surface area contributed by atoms with Crippen molar-refractivity contribution in [1.29, 1.82) is 0 Å². The maximum atomic E-state index is 7.00. The summed E-state index contributed by atoms with van der Waals surface area (Å²) in [5.74, 6) is 0. The van der Waals surface area contributed by atoms with Gasteiger partial charge in [0.05, 0.1) is 0 Å². The molecule has 0 heterocycles. The van der Waals surface area contributed by atoms with Crippen LogP contribution >= 0.6 is 0 Å². The minimum absolute atomic E-state index is 0. The molecule has 3 aromatic rings. The van der Waals surface area contributed by atoms with Crippen LogP contribution in [-0.4, -0.2) is 0 Å². The number of nitrogens with one attached hydrogen (secondary N) is 1. The molecule has 0 fully saturated rings. The maximum Gasteiger partial charge on any atom is 2.00 e. The van der Waals surface area contributed by atoms with Gasteiger partial charge in [0.25, 0.3) is 0 Å². The second-order valence-corrected chi connectivity index (χ2v) is 6.51. The van der Waals surface area contributed by atoms with E-state index in [4.69, 9.17) is 5.73 Å². The number of rotatable bonds is 1. The number of fused-ring (bicyclic) bond motifs is 1. The molecule has 0 amide bonds. The average Bonchev–Trinajstić information content (AvgIpc) is 2.95. The van der Waals surface area contributed by atoms with Crippen LogP contribution in [0.1, 0.15) is 31.4 Å². The molecule has 4 heteroatoms. The Kier molecular flexibility index (Phi) is 11.3. The van der Waals surface area contributed by atoms with Gasteiger partial charge >= 0.3 is 21.7 Å². The first kappa shape index (κ1) is 26.4. The summed E-state index contributed by atoms with van der Waals surface area (Å²) in [4.78, 5) is 0. The van der Waals surface area contributed by atoms with Crippen LogP contribution in [0.15, 0.2) is 84.0 Å². The van der Waals surface area contributed by atoms with Crippen molar-refractivity contribution in [3.63, 3.8) is 0 Å². The normalized spacial score (nSPS) is 12.0. The summed E-state index contributed by atoms with van der Waals surface area (Å²) in [5.41, 5.74) is 14.3. The van der Waals surface area contributed by atoms with Crippen LogP contribution in [-0.2, 0) is 21.7 Å². The van der Waals surface area contributed by atoms with Crippen molar-refractivity contribution < 1.29 is 46.5 Å². The van der Waals surface area contributed by atoms with Gasteiger partial charge in [-0.1, -0.05) is 82.8 Å². The van der Waals surface area contributed by atoms with Crippen LogP contribution in [0, 0.1) is 6.92 Å². The fourth-order valence-corrected chi connectivity index (χ4v) is 3.29. The van der Waals surface area contributed by atoms with Crippen LogP contribution in [0.3, 0.4) is 0 Å². The Labute approximate surface area is 195 Å². The quantitative estimate of drug-likeness (QED) is 0.402. The Hall–Kier alpha value is -1.64. The second-order valence-electron chi connectivity index (χ2n) is 6.51. The average molecular weight is 444 g/mol. The maximum absolute atomic E-state index is 7.00. The molecule has 144 valence electrons. The molecule has 1 nitrogen and oxygen atoms in total. The SMILES string of the molecule is [CH2-]c1c(C2=C(C)C=C(C)C2)ccc2ccccc12.[Cl-].[Cl-].[NH-]c1ccccc1.[Ti+2]. The predicted molar refractivity (Wildman–Crippen MR) is 110 cm³/mol. The van der Waals surface area contributed by atoms with Gasteiger partial charge < -0.3 is 30.5 Å². The van der Waals surface area contributed by atoms with Crippen molar-refractivity contribution in [2.75, 3.05) is 0 Å². The van der Waals surface area contributed by atoms with Crippen molar-refractivity contribution in [3.05, 3.63) is 108 Å². The van der Waals surface area contributed by atoms with Crippen molar-refractivity contribution >= 4 is 22.0 Å². The third kappa shape index (κ3) is 6.19. The van der Waals surface area contributed by atoms with Gasteiger partial charge in [-0.15, -0.1) is 28.8 Å². The Morgan fingerprint density at radius 2 is 1.43 bits per heavy atom. The van der Waals surface area contributed by atoms with Crippen LogP contribution in [0.5, 0.6) is 0 Å². The molecule has 0 aromatic heterocycles. The van der Waals surface area contributed by atoms with E-state index in [9.17, 15) is 0 Å². The molecule has 4 rings (SSSR count). The van der Waals surface area contributed by atoms with Gasteiger partial charge in [0.15, 0.2) is 0 Å². The molecule has 1 aliphatic carbocycles. The van der Waals surface area contributed by atoms with E-state index in [1.165, 1.54) is 33.1 Å². The van der Waals surface area contributed by atoms with Crippen LogP contribution in [0.25, 0.3) is 22.1 Å². The summed E-state index contributed by atoms with van der Waals surface area (Å²) in [6.45, 7) is 8.69. The number of halogens is 2. The van der Waals surface area contributed by atoms with E-state index in [0.717, 1.165) is 12.0 Å². The zero-order valence-electron chi connectivity index (χ0n) is 16.1. The Morgan fingerprint density at radius 3 is 1.96 bits per heavy atom. The van der Waals surface area contributed by atoms with Gasteiger partial charge in [-0.05, 0) is 20.3 Å². The Balaban J connectivity index is 0.000000630. The van der Waals surface area contributed by atoms with Crippen molar-refractivity contribution in [2.45, 2.75) is 20.3 Å². The number of hydrogen-bond acceptors (Lipinski definition) is 0. The van der Waals surface area contributed by atoms with Gasteiger partial charge in [-0.25, -0.2) is 0 Å². The fraction of sp³-hybridized carbons (Fsp3) is 0.125. The largest absolute Gasteiger partial charge is 2.00 e. The molecule has 0 atom stereocenters. The molecule has 0 bridgehead atoms. The standard InChI is InChI=1S/C18H17.C6H6N.2ClH.Ti/c1-12-10-13(2)18(11-12)17-9-8-15-6-4-5-7-16(15)14(17)3;7-6-4-2-1-3-5-6;;;/h4-10H,3,11H2,1-2H3;1-5,7H;2*1H;/q2*-1;;;+2/p-2. The molecular formula is C24H23Cl2NTi-2. The van der Waals surface area contributed by atoms with Crippen LogP contribution in [0.2, 0.25) is 0 Å². The van der Waals surface area contributed by atoms with Gasteiger partial charge in [0.1, 0.15) is 0 Å². The molecular weight excluding hydrogens is 421 g/mol. The predicted octanol–water partition coefficient (Wildman–Crippen LogP) is 1.52. The van der Waals surface area contributed by atoms with Crippen LogP contribution < -0.4 is 24.8 Å². The third-order valence-corrected chi connectivity index (χ3v) is 4.53. The monoisotopic (exact) mass is 443 g/mol. The molecule has 1 aliphatic rings. The molecule has 0 unspecified atom stereocenters. The van der Waals surface area contributed by atoms with Gasteiger partial charge in [0.2, 0.25) is 0 Å². The van der Waals surface area contributed by atoms with Crippen molar-refractivity contribution in [1.82, 2.24) is 0 Å². The fourth-order valence-electron chi connectivity index (χ4n) is 3.29. The number of allylic oxidation sites excluding steroid dienone is 4. The molecule has 28 heavy (non-hydrogen) atoms. The summed E-state index contributed by atoms with van der Waals surface area (Å²) in [6, 6.07) is 22.0. The topological polar surface area (TPSA) is 23.8 Å². The third-order valence-electron chi connectivity index (χ3n) is 4.53. The molecule has 0 saturated carbocycles. The minimum Gasteiger partial charge on any atom is -1.00 e. The van der Waals surface area contributed by atoms with E-state index in [1.54, 1.807) is 12.1 Å². The van der Waals surface area contributed by atoms with E-state index in [1.807, 2.05) is 18.2 Å². The zero-order valence-corrected chi connectivity index (χ0v) is 19.2. The molecule has 0 spiro atoms. The molecule has 0 aliphatic heterocycles. The van der Waals surface area contributed by atoms with Gasteiger partial charge in [-0.3, -0.25) is 0 Å². The smallest absolute Gasteiger partial charge is 1.00 e. The minimum atomic E-state index is 0. The molecule has 1 N–H and O–H groups in total. The molecule has 0 radical (unpaired) electrons. The first-order valence-corrected chi connectivity index (χ1v) is 8.54. The Morgan fingerprint density at radius 1 is 0.821 bits per heavy atom. The molecule has 3 aromatic carbocycles. The number of benzene rings is 3. The van der Waals surface area contributed by atoms with E-state index < -0.39 is 0 Å².